The van der Waals surface area contributed by atoms with Crippen LogP contribution in [0.1, 0.15) is 40.2 Å². The second-order valence-corrected chi connectivity index (χ2v) is 6.57. The predicted molar refractivity (Wildman–Crippen MR) is 93.3 cm³/mol. The lowest BCUT2D eigenvalue weighted by atomic mass is 10.00. The van der Waals surface area contributed by atoms with Gasteiger partial charge in [0.05, 0.1) is 18.5 Å². The molecule has 1 atom stereocenters. The first-order chi connectivity index (χ1) is 12.6. The van der Waals surface area contributed by atoms with Gasteiger partial charge >= 0.3 is 0 Å². The van der Waals surface area contributed by atoms with Gasteiger partial charge in [-0.15, -0.1) is 5.10 Å². The van der Waals surface area contributed by atoms with Crippen molar-refractivity contribution in [2.75, 3.05) is 13.1 Å². The molecule has 140 valence electrons. The molecule has 0 radical (unpaired) electrons. The zero-order valence-corrected chi connectivity index (χ0v) is 14.8. The van der Waals surface area contributed by atoms with Crippen LogP contribution in [-0.2, 0) is 19.7 Å². The van der Waals surface area contributed by atoms with Crippen LogP contribution in [0.15, 0.2) is 12.4 Å². The number of aromatic hydroxyl groups is 1. The number of aromatic nitrogens is 4. The molecule has 1 saturated heterocycles. The molecule has 0 saturated carbocycles. The number of aryl methyl sites for hydroxylation is 1. The number of nitrogens with zero attached hydrogens (tertiary/aromatic N) is 4. The average molecular weight is 360 g/mol. The van der Waals surface area contributed by atoms with Crippen molar-refractivity contribution in [2.45, 2.75) is 39.5 Å². The summed E-state index contributed by atoms with van der Waals surface area (Å²) in [6.45, 7) is 4.20. The van der Waals surface area contributed by atoms with Crippen molar-refractivity contribution in [3.05, 3.63) is 34.9 Å². The number of piperidine rings is 1. The Morgan fingerprint density at radius 1 is 1.50 bits per heavy atom. The highest BCUT2D eigenvalue weighted by Crippen LogP contribution is 2.23. The Morgan fingerprint density at radius 3 is 3.08 bits per heavy atom. The Balaban J connectivity index is 1.61. The Labute approximate surface area is 151 Å². The number of carbonyl (C=O) groups is 1. The highest BCUT2D eigenvalue weighted by atomic mass is 16.3. The van der Waals surface area contributed by atoms with Gasteiger partial charge in [-0.2, -0.15) is 0 Å². The quantitative estimate of drug-likeness (QED) is 0.576. The van der Waals surface area contributed by atoms with Gasteiger partial charge in [0, 0.05) is 30.4 Å². The first-order valence-electron chi connectivity index (χ1n) is 8.74. The Hall–Kier alpha value is -2.52. The van der Waals surface area contributed by atoms with E-state index >= 15 is 0 Å². The fourth-order valence-electron chi connectivity index (χ4n) is 3.11. The van der Waals surface area contributed by atoms with Gasteiger partial charge in [0.15, 0.2) is 5.69 Å². The number of carbonyl (C=O) groups excluding carboxylic acids is 1. The third-order valence-electron chi connectivity index (χ3n) is 4.64. The largest absolute Gasteiger partial charge is 0.506 e. The highest BCUT2D eigenvalue weighted by molar-refractivity contribution is 5.91. The second kappa shape index (κ2) is 8.24. The lowest BCUT2D eigenvalue weighted by Crippen LogP contribution is -2.32. The van der Waals surface area contributed by atoms with Crippen LogP contribution in [0.3, 0.4) is 0 Å². The van der Waals surface area contributed by atoms with E-state index in [1.807, 2.05) is 0 Å². The smallest absolute Gasteiger partial charge is 0.273 e. The summed E-state index contributed by atoms with van der Waals surface area (Å²) in [5, 5.41) is 33.5. The summed E-state index contributed by atoms with van der Waals surface area (Å²) in [4.78, 5) is 16.3. The van der Waals surface area contributed by atoms with Crippen LogP contribution in [0.5, 0.6) is 5.75 Å². The molecule has 9 heteroatoms. The molecule has 0 aromatic carbocycles. The van der Waals surface area contributed by atoms with Crippen LogP contribution < -0.4 is 10.6 Å². The van der Waals surface area contributed by atoms with Crippen LogP contribution in [0.25, 0.3) is 0 Å². The molecule has 26 heavy (non-hydrogen) atoms. The van der Waals surface area contributed by atoms with Crippen LogP contribution in [0.2, 0.25) is 0 Å². The van der Waals surface area contributed by atoms with E-state index in [1.165, 1.54) is 6.20 Å². The SMILES string of the molecule is Cc1ncc(CO)c(CNC(=O)c2cn(CC3CCCNC3)nn2)c1O. The Kier molecular flexibility index (Phi) is 5.79. The number of nitrogens with one attached hydrogen (secondary N) is 2. The summed E-state index contributed by atoms with van der Waals surface area (Å²) < 4.78 is 1.69. The van der Waals surface area contributed by atoms with Gasteiger partial charge in [-0.1, -0.05) is 5.21 Å². The molecule has 1 amide bonds. The lowest BCUT2D eigenvalue weighted by molar-refractivity contribution is 0.0945. The van der Waals surface area contributed by atoms with E-state index in [2.05, 4.69) is 25.9 Å². The van der Waals surface area contributed by atoms with Gasteiger partial charge < -0.3 is 20.8 Å². The van der Waals surface area contributed by atoms with Crippen LogP contribution in [0.4, 0.5) is 0 Å². The van der Waals surface area contributed by atoms with Crippen molar-refractivity contribution in [1.29, 1.82) is 0 Å². The molecule has 2 aromatic heterocycles. The van der Waals surface area contributed by atoms with Crippen LogP contribution >= 0.6 is 0 Å². The fraction of sp³-hybridized carbons (Fsp3) is 0.529. The number of amides is 1. The van der Waals surface area contributed by atoms with Crippen molar-refractivity contribution in [3.8, 4) is 5.75 Å². The van der Waals surface area contributed by atoms with Crippen molar-refractivity contribution < 1.29 is 15.0 Å². The van der Waals surface area contributed by atoms with E-state index in [4.69, 9.17) is 0 Å². The highest BCUT2D eigenvalue weighted by Gasteiger charge is 2.17. The maximum absolute atomic E-state index is 12.3. The molecule has 0 spiro atoms. The average Bonchev–Trinajstić information content (AvgIpc) is 3.12. The Morgan fingerprint density at radius 2 is 2.35 bits per heavy atom. The number of pyridine rings is 1. The third kappa shape index (κ3) is 4.17. The van der Waals surface area contributed by atoms with Crippen molar-refractivity contribution in [1.82, 2.24) is 30.6 Å². The van der Waals surface area contributed by atoms with E-state index in [0.29, 0.717) is 22.7 Å². The van der Waals surface area contributed by atoms with E-state index in [0.717, 1.165) is 32.5 Å². The summed E-state index contributed by atoms with van der Waals surface area (Å²) in [6, 6.07) is 0. The summed E-state index contributed by atoms with van der Waals surface area (Å²) in [6.07, 6.45) is 5.41. The number of hydrogen-bond acceptors (Lipinski definition) is 7. The molecule has 1 aliphatic heterocycles. The first kappa shape index (κ1) is 18.3. The van der Waals surface area contributed by atoms with Gasteiger partial charge in [-0.05, 0) is 38.8 Å². The van der Waals surface area contributed by atoms with Crippen LogP contribution in [-0.4, -0.2) is 49.2 Å². The molecule has 9 nitrogen and oxygen atoms in total. The van der Waals surface area contributed by atoms with Gasteiger partial charge in [-0.3, -0.25) is 14.5 Å². The normalized spacial score (nSPS) is 17.2. The first-order valence-corrected chi connectivity index (χ1v) is 8.74. The maximum atomic E-state index is 12.3. The molecule has 3 heterocycles. The minimum absolute atomic E-state index is 0.0229. The van der Waals surface area contributed by atoms with Gasteiger partial charge in [0.25, 0.3) is 5.91 Å². The van der Waals surface area contributed by atoms with Gasteiger partial charge in [0.1, 0.15) is 5.75 Å². The Bertz CT molecular complexity index is 770. The van der Waals surface area contributed by atoms with E-state index < -0.39 is 0 Å². The van der Waals surface area contributed by atoms with E-state index in [9.17, 15) is 15.0 Å². The minimum atomic E-state index is -0.379. The number of rotatable bonds is 6. The zero-order valence-electron chi connectivity index (χ0n) is 14.8. The molecule has 4 N–H and O–H groups in total. The molecule has 3 rings (SSSR count). The lowest BCUT2D eigenvalue weighted by Gasteiger charge is -2.22. The third-order valence-corrected chi connectivity index (χ3v) is 4.64. The second-order valence-electron chi connectivity index (χ2n) is 6.57. The summed E-state index contributed by atoms with van der Waals surface area (Å²) in [7, 11) is 0. The minimum Gasteiger partial charge on any atom is -0.506 e. The van der Waals surface area contributed by atoms with Crippen molar-refractivity contribution >= 4 is 5.91 Å². The van der Waals surface area contributed by atoms with Gasteiger partial charge in [0.2, 0.25) is 0 Å². The zero-order chi connectivity index (χ0) is 18.5. The topological polar surface area (TPSA) is 125 Å². The molecular weight excluding hydrogens is 336 g/mol. The standard InChI is InChI=1S/C17H24N6O3/c1-11-16(25)14(13(10-24)6-19-11)7-20-17(26)15-9-23(22-21-15)8-12-3-2-4-18-5-12/h6,9,12,18,24-25H,2-5,7-8,10H2,1H3,(H,20,26). The molecule has 1 unspecified atom stereocenters. The van der Waals surface area contributed by atoms with Gasteiger partial charge in [-0.25, -0.2) is 0 Å². The van der Waals surface area contributed by atoms with Crippen molar-refractivity contribution in [3.63, 3.8) is 0 Å². The van der Waals surface area contributed by atoms with Crippen molar-refractivity contribution in [2.24, 2.45) is 5.92 Å². The molecule has 1 aliphatic rings. The predicted octanol–water partition coefficient (Wildman–Crippen LogP) is 0.109. The molecule has 1 fully saturated rings. The van der Waals surface area contributed by atoms with E-state index in [-0.39, 0.29) is 30.5 Å². The molecule has 0 bridgehead atoms. The fourth-order valence-corrected chi connectivity index (χ4v) is 3.11. The summed E-state index contributed by atoms with van der Waals surface area (Å²) in [5.74, 6) is 0.0892. The monoisotopic (exact) mass is 360 g/mol. The number of aliphatic hydroxyl groups excluding tert-OH is 1. The van der Waals surface area contributed by atoms with Crippen LogP contribution in [0, 0.1) is 12.8 Å². The number of aliphatic hydroxyl groups is 1. The number of hydrogen-bond donors (Lipinski definition) is 4. The molecule has 2 aromatic rings. The molecular formula is C17H24N6O3. The van der Waals surface area contributed by atoms with E-state index in [1.54, 1.807) is 17.8 Å². The molecule has 0 aliphatic carbocycles. The summed E-state index contributed by atoms with van der Waals surface area (Å²) in [5.41, 5.74) is 1.60. The maximum Gasteiger partial charge on any atom is 0.273 e. The summed E-state index contributed by atoms with van der Waals surface area (Å²) >= 11 is 0.